The van der Waals surface area contributed by atoms with Gasteiger partial charge >= 0.3 is 0 Å². The van der Waals surface area contributed by atoms with Crippen molar-refractivity contribution in [1.82, 2.24) is 0 Å². The molecule has 1 fully saturated rings. The van der Waals surface area contributed by atoms with Gasteiger partial charge in [0.05, 0.1) is 0 Å². The van der Waals surface area contributed by atoms with Crippen LogP contribution in [-0.2, 0) is 0 Å². The Morgan fingerprint density at radius 3 is 1.13 bits per heavy atom. The van der Waals surface area contributed by atoms with Crippen molar-refractivity contribution in [2.45, 2.75) is 182 Å². The van der Waals surface area contributed by atoms with Gasteiger partial charge in [0.1, 0.15) is 0 Å². The Balaban J connectivity index is 2.28. The number of benzene rings is 3. The molecule has 0 aliphatic heterocycles. The topological polar surface area (TPSA) is 0 Å². The summed E-state index contributed by atoms with van der Waals surface area (Å²) < 4.78 is 0. The summed E-state index contributed by atoms with van der Waals surface area (Å²) in [5, 5.41) is 1.90. The lowest BCUT2D eigenvalue weighted by atomic mass is 9.79. The highest BCUT2D eigenvalue weighted by molar-refractivity contribution is 7.68. The zero-order valence-corrected chi connectivity index (χ0v) is 34.0. The van der Waals surface area contributed by atoms with Gasteiger partial charge in [-0.1, -0.05) is 174 Å². The largest absolute Gasteiger partial charge is 0.0653 e. The molecule has 0 nitrogen and oxygen atoms in total. The Labute approximate surface area is 292 Å². The summed E-state index contributed by atoms with van der Waals surface area (Å²) in [7, 11) is -0.471. The molecule has 1 saturated carbocycles. The minimum atomic E-state index is -0.471. The van der Waals surface area contributed by atoms with Gasteiger partial charge < -0.3 is 0 Å². The lowest BCUT2D eigenvalue weighted by Gasteiger charge is -2.43. The zero-order valence-electron chi connectivity index (χ0n) is 33.1. The summed E-state index contributed by atoms with van der Waals surface area (Å²) in [5.74, 6) is 2.85. The molecule has 0 saturated heterocycles. The quantitative estimate of drug-likeness (QED) is 0.191. The van der Waals surface area contributed by atoms with Crippen LogP contribution in [0.2, 0.25) is 0 Å². The number of hydrogen-bond acceptors (Lipinski definition) is 0. The monoisotopic (exact) mass is 653 g/mol. The standard InChI is InChI=1S/C46H69P/c1-28(2)34-24-39(30(5)6)43(40(25-34)31(7)8)37-22-19-23-38(45(37)47(46(13,14)15)36-20-17-16-18-21-36)44-41(32(9)10)26-35(29(3)4)27-42(44)33(11)12/h19,22-33,36H,16-18,20-21H2,1-15H3. The molecular formula is C46H69P. The molecule has 1 aliphatic carbocycles. The lowest BCUT2D eigenvalue weighted by Crippen LogP contribution is -2.31. The maximum absolute atomic E-state index is 2.57. The van der Waals surface area contributed by atoms with E-state index in [0.717, 1.165) is 5.66 Å². The first-order chi connectivity index (χ1) is 21.9. The van der Waals surface area contributed by atoms with Crippen LogP contribution in [0.1, 0.15) is 205 Å². The number of rotatable bonds is 10. The molecule has 0 N–H and O–H groups in total. The molecule has 1 aliphatic rings. The number of hydrogen-bond donors (Lipinski definition) is 0. The lowest BCUT2D eigenvalue weighted by molar-refractivity contribution is 0.507. The third-order valence-corrected chi connectivity index (χ3v) is 14.4. The first-order valence-electron chi connectivity index (χ1n) is 19.2. The molecule has 0 radical (unpaired) electrons. The van der Waals surface area contributed by atoms with E-state index in [-0.39, 0.29) is 5.16 Å². The molecule has 47 heavy (non-hydrogen) atoms. The van der Waals surface area contributed by atoms with Crippen molar-refractivity contribution >= 4 is 13.2 Å². The third-order valence-electron chi connectivity index (χ3n) is 10.7. The average molecular weight is 653 g/mol. The van der Waals surface area contributed by atoms with Crippen LogP contribution in [-0.4, -0.2) is 10.8 Å². The van der Waals surface area contributed by atoms with Gasteiger partial charge in [0.25, 0.3) is 0 Å². The highest BCUT2D eigenvalue weighted by Gasteiger charge is 2.38. The highest BCUT2D eigenvalue weighted by Crippen LogP contribution is 2.60. The third kappa shape index (κ3) is 8.12. The fourth-order valence-electron chi connectivity index (χ4n) is 8.15. The van der Waals surface area contributed by atoms with E-state index in [1.807, 2.05) is 0 Å². The van der Waals surface area contributed by atoms with Crippen LogP contribution in [0.3, 0.4) is 0 Å². The van der Waals surface area contributed by atoms with Gasteiger partial charge in [-0.2, -0.15) is 0 Å². The molecule has 0 bridgehead atoms. The van der Waals surface area contributed by atoms with E-state index in [0.29, 0.717) is 35.5 Å². The smallest absolute Gasteiger partial charge is 0.00759 e. The van der Waals surface area contributed by atoms with Crippen LogP contribution < -0.4 is 5.30 Å². The summed E-state index contributed by atoms with van der Waals surface area (Å²) in [6.45, 7) is 36.5. The van der Waals surface area contributed by atoms with Crippen LogP contribution >= 0.6 is 7.92 Å². The maximum atomic E-state index is 2.57. The fraction of sp³-hybridized carbons (Fsp3) is 0.609. The molecule has 1 unspecified atom stereocenters. The van der Waals surface area contributed by atoms with Crippen molar-refractivity contribution in [3.8, 4) is 22.3 Å². The van der Waals surface area contributed by atoms with Gasteiger partial charge in [0.15, 0.2) is 0 Å². The normalized spacial score (nSPS) is 15.7. The SMILES string of the molecule is CC(C)c1cc(C(C)C)c(-c2cccc(-c3c(C(C)C)cc(C(C)C)cc3C(C)C)c2P(C2CCCCC2)C(C)(C)C)c(C(C)C)c1. The van der Waals surface area contributed by atoms with Gasteiger partial charge in [-0.3, -0.25) is 0 Å². The Bertz CT molecular complexity index is 1350. The molecule has 0 amide bonds. The van der Waals surface area contributed by atoms with E-state index in [1.54, 1.807) is 16.4 Å². The zero-order chi connectivity index (χ0) is 35.0. The molecule has 0 aromatic heterocycles. The Kier molecular flexibility index (Phi) is 12.4. The van der Waals surface area contributed by atoms with Crippen molar-refractivity contribution < 1.29 is 0 Å². The van der Waals surface area contributed by atoms with Crippen LogP contribution in [0, 0.1) is 0 Å². The molecule has 1 atom stereocenters. The van der Waals surface area contributed by atoms with Crippen molar-refractivity contribution in [2.75, 3.05) is 0 Å². The molecule has 0 spiro atoms. The molecular weight excluding hydrogens is 583 g/mol. The van der Waals surface area contributed by atoms with Crippen molar-refractivity contribution in [1.29, 1.82) is 0 Å². The fourth-order valence-corrected chi connectivity index (χ4v) is 12.0. The van der Waals surface area contributed by atoms with Gasteiger partial charge in [-0.05, 0) is 120 Å². The van der Waals surface area contributed by atoms with E-state index >= 15 is 0 Å². The highest BCUT2D eigenvalue weighted by atomic mass is 31.1. The molecule has 258 valence electrons. The second-order valence-electron chi connectivity index (χ2n) is 17.6. The minimum absolute atomic E-state index is 0.198. The van der Waals surface area contributed by atoms with E-state index in [1.165, 1.54) is 76.6 Å². The first kappa shape index (κ1) is 37.9. The van der Waals surface area contributed by atoms with E-state index in [2.05, 4.69) is 146 Å². The predicted octanol–water partition coefficient (Wildman–Crippen LogP) is 15.0. The van der Waals surface area contributed by atoms with Crippen molar-refractivity contribution in [3.63, 3.8) is 0 Å². The van der Waals surface area contributed by atoms with Crippen LogP contribution in [0.15, 0.2) is 42.5 Å². The van der Waals surface area contributed by atoms with Gasteiger partial charge in [0, 0.05) is 0 Å². The second-order valence-corrected chi connectivity index (χ2v) is 20.9. The molecule has 1 heteroatoms. The van der Waals surface area contributed by atoms with Gasteiger partial charge in [-0.25, -0.2) is 0 Å². The summed E-state index contributed by atoms with van der Waals surface area (Å²) >= 11 is 0. The molecule has 3 aromatic rings. The van der Waals surface area contributed by atoms with E-state index in [9.17, 15) is 0 Å². The Hall–Kier alpha value is -1.91. The first-order valence-corrected chi connectivity index (χ1v) is 20.6. The van der Waals surface area contributed by atoms with Crippen LogP contribution in [0.4, 0.5) is 0 Å². The minimum Gasteiger partial charge on any atom is -0.0653 e. The van der Waals surface area contributed by atoms with E-state index < -0.39 is 7.92 Å². The second kappa shape index (κ2) is 15.3. The summed E-state index contributed by atoms with van der Waals surface area (Å²) in [6, 6.07) is 17.8. The van der Waals surface area contributed by atoms with Crippen LogP contribution in [0.5, 0.6) is 0 Å². The van der Waals surface area contributed by atoms with Crippen molar-refractivity contribution in [2.24, 2.45) is 0 Å². The van der Waals surface area contributed by atoms with E-state index in [4.69, 9.17) is 0 Å². The average Bonchev–Trinajstić information content (AvgIpc) is 2.99. The van der Waals surface area contributed by atoms with Crippen molar-refractivity contribution in [3.05, 3.63) is 75.8 Å². The van der Waals surface area contributed by atoms with Gasteiger partial charge in [-0.15, -0.1) is 0 Å². The Morgan fingerprint density at radius 2 is 0.851 bits per heavy atom. The predicted molar refractivity (Wildman–Crippen MR) is 215 cm³/mol. The molecule has 4 rings (SSSR count). The summed E-state index contributed by atoms with van der Waals surface area (Å²) in [5.41, 5.74) is 16.0. The van der Waals surface area contributed by atoms with Crippen LogP contribution in [0.25, 0.3) is 22.3 Å². The summed E-state index contributed by atoms with van der Waals surface area (Å²) in [6.07, 6.45) is 6.91. The van der Waals surface area contributed by atoms with Gasteiger partial charge in [0.2, 0.25) is 0 Å². The molecule has 3 aromatic carbocycles. The summed E-state index contributed by atoms with van der Waals surface area (Å²) in [4.78, 5) is 0. The molecule has 0 heterocycles. The Morgan fingerprint density at radius 1 is 0.511 bits per heavy atom. The maximum Gasteiger partial charge on any atom is -0.00759 e.